The van der Waals surface area contributed by atoms with E-state index in [1.165, 1.54) is 29.0 Å². The van der Waals surface area contributed by atoms with Gasteiger partial charge in [0, 0.05) is 24.7 Å². The van der Waals surface area contributed by atoms with E-state index in [1.54, 1.807) is 36.4 Å². The second-order valence-corrected chi connectivity index (χ2v) is 8.03. The minimum atomic E-state index is -0.755. The van der Waals surface area contributed by atoms with E-state index in [0.717, 1.165) is 0 Å². The zero-order chi connectivity index (χ0) is 23.5. The predicted octanol–water partition coefficient (Wildman–Crippen LogP) is 2.76. The van der Waals surface area contributed by atoms with Crippen LogP contribution in [0.3, 0.4) is 0 Å². The number of rotatable bonds is 5. The Morgan fingerprint density at radius 1 is 1.21 bits per heavy atom. The van der Waals surface area contributed by atoms with Crippen LogP contribution in [0, 0.1) is 23.1 Å². The Hall–Kier alpha value is -4.19. The number of fused-ring (bicyclic) bond motifs is 1. The van der Waals surface area contributed by atoms with Gasteiger partial charge < -0.3 is 20.1 Å². The summed E-state index contributed by atoms with van der Waals surface area (Å²) in [5.41, 5.74) is 1.02. The number of halogens is 1. The highest BCUT2D eigenvalue weighted by atomic mass is 19.1. The lowest BCUT2D eigenvalue weighted by Crippen LogP contribution is -2.43. The molecule has 1 saturated heterocycles. The van der Waals surface area contributed by atoms with Gasteiger partial charge in [-0.05, 0) is 30.7 Å². The number of para-hydroxylation sites is 2. The van der Waals surface area contributed by atoms with Crippen molar-refractivity contribution in [3.8, 4) is 6.07 Å². The van der Waals surface area contributed by atoms with Crippen LogP contribution >= 0.6 is 0 Å². The maximum absolute atomic E-state index is 13.9. The summed E-state index contributed by atoms with van der Waals surface area (Å²) in [6.45, 7) is -0.183. The van der Waals surface area contributed by atoms with E-state index in [2.05, 4.69) is 16.4 Å². The van der Waals surface area contributed by atoms with Gasteiger partial charge in [-0.25, -0.2) is 4.39 Å². The van der Waals surface area contributed by atoms with Crippen LogP contribution in [0.1, 0.15) is 16.9 Å². The van der Waals surface area contributed by atoms with Crippen molar-refractivity contribution in [2.75, 3.05) is 25.5 Å². The van der Waals surface area contributed by atoms with Crippen LogP contribution in [-0.2, 0) is 9.59 Å². The Labute approximate surface area is 189 Å². The number of aromatic nitrogens is 1. The SMILES string of the molecule is CN(CC(=O)N1CC(C(=O)Nc2ccccc2)CC1C#N)C(=O)c1cc2cccc(F)c2[nH]1. The number of carbonyl (C=O) groups excluding carboxylic acids is 3. The number of hydrogen-bond acceptors (Lipinski definition) is 4. The van der Waals surface area contributed by atoms with E-state index in [4.69, 9.17) is 0 Å². The number of hydrogen-bond donors (Lipinski definition) is 2. The zero-order valence-electron chi connectivity index (χ0n) is 17.9. The molecule has 1 aliphatic rings. The molecule has 2 aromatic carbocycles. The second kappa shape index (κ2) is 9.12. The molecule has 2 atom stereocenters. The average molecular weight is 447 g/mol. The fourth-order valence-electron chi connectivity index (χ4n) is 4.00. The maximum atomic E-state index is 13.9. The number of likely N-dealkylation sites (N-methyl/N-ethyl adjacent to an activating group) is 1. The number of aromatic amines is 1. The second-order valence-electron chi connectivity index (χ2n) is 8.03. The zero-order valence-corrected chi connectivity index (χ0v) is 17.9. The van der Waals surface area contributed by atoms with Gasteiger partial charge >= 0.3 is 0 Å². The lowest BCUT2D eigenvalue weighted by Gasteiger charge is -2.23. The molecule has 0 spiro atoms. The molecule has 3 amide bonds. The van der Waals surface area contributed by atoms with E-state index in [9.17, 15) is 24.0 Å². The molecule has 2 N–H and O–H groups in total. The van der Waals surface area contributed by atoms with E-state index < -0.39 is 29.6 Å². The minimum absolute atomic E-state index is 0.0926. The van der Waals surface area contributed by atoms with Crippen LogP contribution in [0.15, 0.2) is 54.6 Å². The van der Waals surface area contributed by atoms with Crippen molar-refractivity contribution >= 4 is 34.3 Å². The van der Waals surface area contributed by atoms with E-state index in [-0.39, 0.29) is 36.6 Å². The first-order valence-electron chi connectivity index (χ1n) is 10.4. The standard InChI is InChI=1S/C24H22FN5O3/c1-29(24(33)20-11-15-6-5-9-19(25)22(15)28-20)14-21(31)30-13-16(10-18(30)12-26)23(32)27-17-7-3-2-4-8-17/h2-9,11,16,18,28H,10,13-14H2,1H3,(H,27,32). The van der Waals surface area contributed by atoms with Gasteiger partial charge in [-0.2, -0.15) is 5.26 Å². The van der Waals surface area contributed by atoms with Gasteiger partial charge in [0.1, 0.15) is 17.6 Å². The van der Waals surface area contributed by atoms with Crippen LogP contribution in [0.2, 0.25) is 0 Å². The van der Waals surface area contributed by atoms with Gasteiger partial charge in [-0.15, -0.1) is 0 Å². The minimum Gasteiger partial charge on any atom is -0.348 e. The Bertz CT molecular complexity index is 1250. The fraction of sp³-hybridized carbons (Fsp3) is 0.250. The number of H-pyrrole nitrogens is 1. The molecule has 1 aliphatic heterocycles. The molecule has 1 aromatic heterocycles. The summed E-state index contributed by atoms with van der Waals surface area (Å²) in [5, 5.41) is 12.9. The Kier molecular flexibility index (Phi) is 6.09. The summed E-state index contributed by atoms with van der Waals surface area (Å²) >= 11 is 0. The Morgan fingerprint density at radius 3 is 2.67 bits per heavy atom. The summed E-state index contributed by atoms with van der Waals surface area (Å²) < 4.78 is 13.9. The molecule has 3 aromatic rings. The summed E-state index contributed by atoms with van der Waals surface area (Å²) in [4.78, 5) is 43.6. The molecule has 2 unspecified atom stereocenters. The summed E-state index contributed by atoms with van der Waals surface area (Å²) in [6.07, 6.45) is 0.222. The molecule has 4 rings (SSSR count). The molecular formula is C24H22FN5O3. The van der Waals surface area contributed by atoms with Crippen LogP contribution in [0.5, 0.6) is 0 Å². The predicted molar refractivity (Wildman–Crippen MR) is 120 cm³/mol. The maximum Gasteiger partial charge on any atom is 0.270 e. The molecule has 1 fully saturated rings. The molecule has 33 heavy (non-hydrogen) atoms. The molecule has 0 radical (unpaired) electrons. The highest BCUT2D eigenvalue weighted by Gasteiger charge is 2.39. The number of carbonyl (C=O) groups is 3. The number of nitrogens with zero attached hydrogens (tertiary/aromatic N) is 3. The van der Waals surface area contributed by atoms with Gasteiger partial charge in [0.2, 0.25) is 11.8 Å². The number of amides is 3. The number of benzene rings is 2. The molecule has 168 valence electrons. The van der Waals surface area contributed by atoms with Crippen molar-refractivity contribution < 1.29 is 18.8 Å². The average Bonchev–Trinajstić information content (AvgIpc) is 3.44. The lowest BCUT2D eigenvalue weighted by molar-refractivity contribution is -0.131. The van der Waals surface area contributed by atoms with Gasteiger partial charge in [0.05, 0.1) is 24.0 Å². The largest absolute Gasteiger partial charge is 0.348 e. The molecule has 0 bridgehead atoms. The van der Waals surface area contributed by atoms with Crippen molar-refractivity contribution in [3.63, 3.8) is 0 Å². The quantitative estimate of drug-likeness (QED) is 0.627. The molecular weight excluding hydrogens is 425 g/mol. The third kappa shape index (κ3) is 4.55. The summed E-state index contributed by atoms with van der Waals surface area (Å²) in [6, 6.07) is 16.3. The smallest absolute Gasteiger partial charge is 0.270 e. The molecule has 0 aliphatic carbocycles. The first-order chi connectivity index (χ1) is 15.9. The number of nitrogens with one attached hydrogen (secondary N) is 2. The highest BCUT2D eigenvalue weighted by molar-refractivity contribution is 5.99. The van der Waals surface area contributed by atoms with Crippen LogP contribution < -0.4 is 5.32 Å². The van der Waals surface area contributed by atoms with Crippen molar-refractivity contribution in [2.45, 2.75) is 12.5 Å². The fourth-order valence-corrected chi connectivity index (χ4v) is 4.00. The number of nitriles is 1. The molecule has 2 heterocycles. The van der Waals surface area contributed by atoms with Gasteiger partial charge in [-0.3, -0.25) is 14.4 Å². The van der Waals surface area contributed by atoms with Gasteiger partial charge in [0.15, 0.2) is 0 Å². The highest BCUT2D eigenvalue weighted by Crippen LogP contribution is 2.25. The lowest BCUT2D eigenvalue weighted by atomic mass is 10.1. The van der Waals surface area contributed by atoms with Crippen LogP contribution in [0.4, 0.5) is 10.1 Å². The van der Waals surface area contributed by atoms with Crippen molar-refractivity contribution in [1.82, 2.24) is 14.8 Å². The van der Waals surface area contributed by atoms with Gasteiger partial charge in [-0.1, -0.05) is 30.3 Å². The van der Waals surface area contributed by atoms with Crippen molar-refractivity contribution in [2.24, 2.45) is 5.92 Å². The first-order valence-corrected chi connectivity index (χ1v) is 10.4. The van der Waals surface area contributed by atoms with Crippen LogP contribution in [0.25, 0.3) is 10.9 Å². The number of likely N-dealkylation sites (tertiary alicyclic amines) is 1. The van der Waals surface area contributed by atoms with Crippen LogP contribution in [-0.4, -0.2) is 58.7 Å². The molecule has 0 saturated carbocycles. The monoisotopic (exact) mass is 447 g/mol. The van der Waals surface area contributed by atoms with Crippen molar-refractivity contribution in [3.05, 3.63) is 66.1 Å². The third-order valence-corrected chi connectivity index (χ3v) is 5.74. The Balaban J connectivity index is 1.41. The molecule has 9 heteroatoms. The van der Waals surface area contributed by atoms with Crippen molar-refractivity contribution in [1.29, 1.82) is 5.26 Å². The Morgan fingerprint density at radius 2 is 1.97 bits per heavy atom. The number of anilines is 1. The van der Waals surface area contributed by atoms with E-state index >= 15 is 0 Å². The van der Waals surface area contributed by atoms with Gasteiger partial charge in [0.25, 0.3) is 5.91 Å². The summed E-state index contributed by atoms with van der Waals surface area (Å²) in [7, 11) is 1.46. The molecule has 8 nitrogen and oxygen atoms in total. The van der Waals surface area contributed by atoms with E-state index in [0.29, 0.717) is 11.1 Å². The normalized spacial score (nSPS) is 17.5. The first kappa shape index (κ1) is 22.0. The third-order valence-electron chi connectivity index (χ3n) is 5.74. The van der Waals surface area contributed by atoms with E-state index in [1.807, 2.05) is 6.07 Å². The summed E-state index contributed by atoms with van der Waals surface area (Å²) in [5.74, 6) is -2.18. The topological polar surface area (TPSA) is 109 Å².